The molecule has 4 aliphatic rings. The molecule has 2 N–H and O–H groups in total. The van der Waals surface area contributed by atoms with Crippen molar-refractivity contribution in [2.24, 2.45) is 23.5 Å². The lowest BCUT2D eigenvalue weighted by molar-refractivity contribution is -0.156. The Kier molecular flexibility index (Phi) is 4.62. The van der Waals surface area contributed by atoms with Gasteiger partial charge in [-0.2, -0.15) is 0 Å². The van der Waals surface area contributed by atoms with E-state index in [1.54, 1.807) is 0 Å². The quantitative estimate of drug-likeness (QED) is 0.738. The first kappa shape index (κ1) is 17.0. The molecule has 0 aromatic carbocycles. The molecule has 130 valence electrons. The maximum absolute atomic E-state index is 13.1. The third-order valence-corrected chi connectivity index (χ3v) is 6.54. The molecule has 2 saturated carbocycles. The van der Waals surface area contributed by atoms with Crippen molar-refractivity contribution in [2.75, 3.05) is 13.1 Å². The number of carbonyl (C=O) groups is 2. The molecular weight excluding hydrogens is 316 g/mol. The van der Waals surface area contributed by atoms with Gasteiger partial charge >= 0.3 is 5.97 Å². The predicted octanol–water partition coefficient (Wildman–Crippen LogP) is 1.87. The van der Waals surface area contributed by atoms with Crippen molar-refractivity contribution in [1.29, 1.82) is 0 Å². The number of halogens is 1. The molecule has 5 nitrogen and oxygen atoms in total. The number of piperidine rings is 1. The number of nitrogens with zero attached hydrogens (tertiary/aromatic N) is 1. The number of ether oxygens (including phenoxy) is 1. The van der Waals surface area contributed by atoms with Gasteiger partial charge in [0.25, 0.3) is 0 Å². The summed E-state index contributed by atoms with van der Waals surface area (Å²) in [6.45, 7) is 1.55. The van der Waals surface area contributed by atoms with E-state index in [0.29, 0.717) is 11.8 Å². The smallest absolute Gasteiger partial charge is 0.307 e. The zero-order valence-corrected chi connectivity index (χ0v) is 14.4. The highest BCUT2D eigenvalue weighted by atomic mass is 35.5. The number of rotatable bonds is 1. The van der Waals surface area contributed by atoms with Crippen LogP contribution in [0.25, 0.3) is 0 Å². The molecule has 2 aliphatic carbocycles. The minimum Gasteiger partial charge on any atom is -0.458 e. The number of esters is 1. The number of carbonyl (C=O) groups excluding carboxylic acids is 2. The molecule has 0 radical (unpaired) electrons. The normalized spacial score (nSPS) is 38.3. The molecule has 23 heavy (non-hydrogen) atoms. The zero-order valence-electron chi connectivity index (χ0n) is 13.5. The van der Waals surface area contributed by atoms with E-state index in [9.17, 15) is 9.59 Å². The summed E-state index contributed by atoms with van der Waals surface area (Å²) in [6.07, 6.45) is 7.58. The van der Waals surface area contributed by atoms with Crippen LogP contribution < -0.4 is 5.73 Å². The van der Waals surface area contributed by atoms with E-state index in [0.717, 1.165) is 51.6 Å². The Morgan fingerprint density at radius 1 is 1.13 bits per heavy atom. The van der Waals surface area contributed by atoms with Gasteiger partial charge in [-0.05, 0) is 50.4 Å². The Labute approximate surface area is 143 Å². The van der Waals surface area contributed by atoms with Crippen LogP contribution in [-0.2, 0) is 14.3 Å². The Morgan fingerprint density at radius 3 is 2.35 bits per heavy atom. The Hall–Kier alpha value is -0.810. The first-order valence-electron chi connectivity index (χ1n) is 8.85. The van der Waals surface area contributed by atoms with Crippen molar-refractivity contribution >= 4 is 24.3 Å². The van der Waals surface area contributed by atoms with Gasteiger partial charge in [0.05, 0.1) is 12.3 Å². The number of likely N-dealkylation sites (tertiary alicyclic amines) is 1. The fourth-order valence-electron chi connectivity index (χ4n) is 5.27. The van der Waals surface area contributed by atoms with Crippen LogP contribution in [0.4, 0.5) is 0 Å². The molecule has 1 amide bonds. The molecule has 2 bridgehead atoms. The molecule has 4 fully saturated rings. The standard InChI is InChI=1S/C17H26N2O3.ClH/c18-15-11-4-5-12(15)10-19(9-11)16(21)13-8-14(20)22-17(13)6-2-1-3-7-17;/h11-13,15H,1-10,18H2;1H/t11-,12+,13?,15?;. The van der Waals surface area contributed by atoms with Crippen LogP contribution in [0.5, 0.6) is 0 Å². The largest absolute Gasteiger partial charge is 0.458 e. The molecule has 2 heterocycles. The fourth-order valence-corrected chi connectivity index (χ4v) is 5.27. The summed E-state index contributed by atoms with van der Waals surface area (Å²) in [6, 6.07) is 0.258. The van der Waals surface area contributed by atoms with Gasteiger partial charge in [-0.25, -0.2) is 0 Å². The van der Waals surface area contributed by atoms with E-state index in [-0.39, 0.29) is 42.7 Å². The number of nitrogens with two attached hydrogens (primary N) is 1. The summed E-state index contributed by atoms with van der Waals surface area (Å²) in [5.41, 5.74) is 5.75. The van der Waals surface area contributed by atoms with Crippen LogP contribution in [0.1, 0.15) is 51.4 Å². The monoisotopic (exact) mass is 342 g/mol. The van der Waals surface area contributed by atoms with Gasteiger partial charge in [-0.15, -0.1) is 12.4 Å². The van der Waals surface area contributed by atoms with Gasteiger partial charge < -0.3 is 15.4 Å². The van der Waals surface area contributed by atoms with Crippen LogP contribution in [0.15, 0.2) is 0 Å². The van der Waals surface area contributed by atoms with E-state index in [1.807, 2.05) is 4.90 Å². The molecule has 4 atom stereocenters. The van der Waals surface area contributed by atoms with Gasteiger partial charge in [0.15, 0.2) is 0 Å². The van der Waals surface area contributed by atoms with E-state index in [4.69, 9.17) is 10.5 Å². The molecule has 1 spiro atoms. The third kappa shape index (κ3) is 2.76. The third-order valence-electron chi connectivity index (χ3n) is 6.54. The molecule has 2 unspecified atom stereocenters. The Morgan fingerprint density at radius 2 is 1.74 bits per heavy atom. The lowest BCUT2D eigenvalue weighted by Crippen LogP contribution is -2.54. The van der Waals surface area contributed by atoms with Crippen molar-refractivity contribution < 1.29 is 14.3 Å². The van der Waals surface area contributed by atoms with Gasteiger partial charge in [0, 0.05) is 19.1 Å². The van der Waals surface area contributed by atoms with E-state index < -0.39 is 5.60 Å². The number of fused-ring (bicyclic) bond motifs is 2. The van der Waals surface area contributed by atoms with Crippen LogP contribution >= 0.6 is 12.4 Å². The highest BCUT2D eigenvalue weighted by Gasteiger charge is 2.55. The second-order valence-electron chi connectivity index (χ2n) is 7.77. The highest BCUT2D eigenvalue weighted by molar-refractivity contribution is 5.88. The summed E-state index contributed by atoms with van der Waals surface area (Å²) in [5.74, 6) is 0.605. The van der Waals surface area contributed by atoms with E-state index >= 15 is 0 Å². The average molecular weight is 343 g/mol. The van der Waals surface area contributed by atoms with Crippen LogP contribution in [0.3, 0.4) is 0 Å². The maximum atomic E-state index is 13.1. The molecule has 0 aromatic rings. The minimum atomic E-state index is -0.495. The predicted molar refractivity (Wildman–Crippen MR) is 88.0 cm³/mol. The van der Waals surface area contributed by atoms with Gasteiger partial charge in [0.1, 0.15) is 5.60 Å². The average Bonchev–Trinajstić information content (AvgIpc) is 2.91. The van der Waals surface area contributed by atoms with Crippen molar-refractivity contribution in [3.05, 3.63) is 0 Å². The zero-order chi connectivity index (χ0) is 15.3. The van der Waals surface area contributed by atoms with Gasteiger partial charge in [-0.3, -0.25) is 9.59 Å². The highest BCUT2D eigenvalue weighted by Crippen LogP contribution is 2.46. The van der Waals surface area contributed by atoms with Crippen molar-refractivity contribution in [2.45, 2.75) is 63.0 Å². The number of hydrogen-bond acceptors (Lipinski definition) is 4. The summed E-state index contributed by atoms with van der Waals surface area (Å²) >= 11 is 0. The Bertz CT molecular complexity index is 478. The topological polar surface area (TPSA) is 72.6 Å². The second kappa shape index (κ2) is 6.25. The van der Waals surface area contributed by atoms with Gasteiger partial charge in [-0.1, -0.05) is 6.42 Å². The lowest BCUT2D eigenvalue weighted by atomic mass is 9.75. The summed E-state index contributed by atoms with van der Waals surface area (Å²) in [7, 11) is 0. The van der Waals surface area contributed by atoms with Crippen molar-refractivity contribution in [1.82, 2.24) is 4.90 Å². The van der Waals surface area contributed by atoms with Crippen LogP contribution in [0, 0.1) is 17.8 Å². The maximum Gasteiger partial charge on any atom is 0.307 e. The van der Waals surface area contributed by atoms with Crippen LogP contribution in [-0.4, -0.2) is 41.5 Å². The number of hydrogen-bond donors (Lipinski definition) is 1. The first-order chi connectivity index (χ1) is 10.6. The van der Waals surface area contributed by atoms with E-state index in [1.165, 1.54) is 6.42 Å². The molecule has 4 rings (SSSR count). The molecule has 2 aliphatic heterocycles. The molecule has 6 heteroatoms. The van der Waals surface area contributed by atoms with Crippen molar-refractivity contribution in [3.63, 3.8) is 0 Å². The first-order valence-corrected chi connectivity index (χ1v) is 8.85. The second-order valence-corrected chi connectivity index (χ2v) is 7.77. The van der Waals surface area contributed by atoms with Crippen molar-refractivity contribution in [3.8, 4) is 0 Å². The summed E-state index contributed by atoms with van der Waals surface area (Å²) in [4.78, 5) is 27.0. The Balaban J connectivity index is 0.00000156. The molecule has 2 saturated heterocycles. The summed E-state index contributed by atoms with van der Waals surface area (Å²) in [5, 5.41) is 0. The molecular formula is C17H27ClN2O3. The summed E-state index contributed by atoms with van der Waals surface area (Å²) < 4.78 is 5.69. The van der Waals surface area contributed by atoms with Crippen LogP contribution in [0.2, 0.25) is 0 Å². The van der Waals surface area contributed by atoms with Gasteiger partial charge in [0.2, 0.25) is 5.91 Å². The minimum absolute atomic E-state index is 0. The lowest BCUT2D eigenvalue weighted by Gasteiger charge is -2.41. The fraction of sp³-hybridized carbons (Fsp3) is 0.882. The number of amides is 1. The SMILES string of the molecule is Cl.NC1[C@@H]2CC[C@H]1CN(C(=O)C1CC(=O)OC13CCCCC3)C2. The van der Waals surface area contributed by atoms with E-state index in [2.05, 4.69) is 0 Å². The molecule has 0 aromatic heterocycles.